The van der Waals surface area contributed by atoms with Crippen LogP contribution in [0.5, 0.6) is 0 Å². The fourth-order valence-electron chi connectivity index (χ4n) is 8.73. The first-order valence-electron chi connectivity index (χ1n) is 21.9. The molecule has 34 nitrogen and oxygen atoms in total. The first-order chi connectivity index (χ1) is 33.5. The maximum atomic E-state index is 12.7. The molecule has 5 rings (SSSR count). The van der Waals surface area contributed by atoms with Crippen molar-refractivity contribution in [3.8, 4) is 0 Å². The number of carboxylic acid groups (broad SMARTS) is 1. The fourth-order valence-corrected chi connectivity index (χ4v) is 10.1. The van der Waals surface area contributed by atoms with Crippen molar-refractivity contribution in [2.24, 2.45) is 29.6 Å². The Morgan fingerprint density at radius 1 is 0.466 bits per heavy atom. The molecule has 10 unspecified atom stereocenters. The lowest BCUT2D eigenvalue weighted by Gasteiger charge is -2.51. The fraction of sp³-hybridized carbons (Fsp3) is 0.971. The number of nitrogens with one attached hydrogen (secondary N) is 1. The maximum Gasteiger partial charge on any atom is 0.397 e. The van der Waals surface area contributed by atoms with Crippen LogP contribution in [-0.4, -0.2) is 231 Å². The standard InChI is InChI=1S/C35H60NO33S4/c1-10-11(2)32(66-27-23(41)28(69-73(54,55)56)35(68-30(27)36-44)65-26-18(9-59-72(51,52)53)60-15(6)12(3)20(26)38)62-17(8-58-71(48,49)50)24(10)63-34-21(39)13(4)25(29(67-34)31(42)43)64-33-14(5)19(37)22(40)16(61-33)7-57-70(45,46)47/h10-30,32-41H,7-9H2,1-6H3,(H,42,43)(H,45,46,47)(H,48,49,50)(H,51,52,53)(H,54,55,56)/q-1/t10-,11?,12?,13-,14?,15-,16?,17?,18?,19-,20-,21?,22-,23?,24+,25+,26-,27+,28?,29?,30-,32-,33-,34-,35-/m1/s1. The van der Waals surface area contributed by atoms with E-state index in [-0.39, 0.29) is 0 Å². The van der Waals surface area contributed by atoms with E-state index in [0.717, 1.165) is 0 Å². The van der Waals surface area contributed by atoms with Gasteiger partial charge in [0.15, 0.2) is 37.4 Å². The van der Waals surface area contributed by atoms with Gasteiger partial charge in [-0.2, -0.15) is 33.7 Å². The van der Waals surface area contributed by atoms with Crippen molar-refractivity contribution in [3.63, 3.8) is 0 Å². The minimum atomic E-state index is -5.59. The van der Waals surface area contributed by atoms with Crippen molar-refractivity contribution in [3.05, 3.63) is 5.21 Å². The summed E-state index contributed by atoms with van der Waals surface area (Å²) in [6.07, 6.45) is -36.5. The zero-order valence-electron chi connectivity index (χ0n) is 39.0. The Bertz CT molecular complexity index is 2300. The Hall–Kier alpha value is -1.69. The van der Waals surface area contributed by atoms with Gasteiger partial charge in [-0.1, -0.05) is 34.6 Å². The monoisotopic (exact) mass is 1150 g/mol. The van der Waals surface area contributed by atoms with E-state index >= 15 is 0 Å². The van der Waals surface area contributed by atoms with Crippen LogP contribution in [0.1, 0.15) is 41.5 Å². The van der Waals surface area contributed by atoms with Gasteiger partial charge in [0.2, 0.25) is 0 Å². The lowest BCUT2D eigenvalue weighted by atomic mass is 9.84. The summed E-state index contributed by atoms with van der Waals surface area (Å²) >= 11 is 0. The molecule has 0 bridgehead atoms. The van der Waals surface area contributed by atoms with E-state index in [4.69, 9.17) is 51.7 Å². The molecule has 0 aromatic heterocycles. The second-order valence-corrected chi connectivity index (χ2v) is 22.4. The minimum Gasteiger partial charge on any atom is -0.786 e. The number of aliphatic hydroxyl groups is 5. The Labute approximate surface area is 417 Å². The van der Waals surface area contributed by atoms with E-state index in [1.165, 1.54) is 47.0 Å². The second-order valence-electron chi connectivity index (χ2n) is 18.0. The number of aliphatic hydroxyl groups excluding tert-OH is 5. The summed E-state index contributed by atoms with van der Waals surface area (Å²) in [6.45, 7) is 5.17. The van der Waals surface area contributed by atoms with Crippen LogP contribution in [0.3, 0.4) is 0 Å². The molecule has 5 fully saturated rings. The van der Waals surface area contributed by atoms with Crippen LogP contribution in [0.25, 0.3) is 0 Å². The average molecular weight is 1150 g/mol. The number of ether oxygens (including phenoxy) is 9. The molecule has 5 aliphatic rings. The van der Waals surface area contributed by atoms with Crippen molar-refractivity contribution in [2.75, 3.05) is 19.8 Å². The van der Waals surface area contributed by atoms with Gasteiger partial charge in [0, 0.05) is 23.7 Å². The van der Waals surface area contributed by atoms with Crippen molar-refractivity contribution in [1.82, 2.24) is 5.48 Å². The highest BCUT2D eigenvalue weighted by Crippen LogP contribution is 2.41. The predicted octanol–water partition coefficient (Wildman–Crippen LogP) is -5.03. The molecule has 73 heavy (non-hydrogen) atoms. The molecule has 0 aromatic rings. The van der Waals surface area contributed by atoms with Crippen molar-refractivity contribution < 1.29 is 147 Å². The first-order valence-corrected chi connectivity index (χ1v) is 27.4. The largest absolute Gasteiger partial charge is 0.786 e. The average Bonchev–Trinajstić information content (AvgIpc) is 3.27. The summed E-state index contributed by atoms with van der Waals surface area (Å²) in [6, 6.07) is 0. The third kappa shape index (κ3) is 16.0. The number of hydrogen-bond donors (Lipinski definition) is 11. The van der Waals surface area contributed by atoms with Crippen LogP contribution in [-0.2, 0) is 106 Å². The smallest absolute Gasteiger partial charge is 0.397 e. The predicted molar refractivity (Wildman–Crippen MR) is 227 cm³/mol. The number of aliphatic carboxylic acids is 1. The molecule has 0 aliphatic carbocycles. The van der Waals surface area contributed by atoms with Crippen molar-refractivity contribution >= 4 is 47.6 Å². The van der Waals surface area contributed by atoms with Gasteiger partial charge in [0.1, 0.15) is 61.2 Å². The summed E-state index contributed by atoms with van der Waals surface area (Å²) in [5, 5.41) is 78.2. The van der Waals surface area contributed by atoms with Gasteiger partial charge in [0.05, 0.1) is 44.2 Å². The second kappa shape index (κ2) is 24.5. The number of carboxylic acids is 1. The summed E-state index contributed by atoms with van der Waals surface area (Å²) in [7, 11) is -21.0. The van der Waals surface area contributed by atoms with Gasteiger partial charge in [-0.3, -0.25) is 18.2 Å². The molecule has 5 saturated heterocycles. The SMILES string of the molecule is CC1[C@@H](O[C@H]2C(O)C(OS(=O)(=O)O)[C@H](O[C@@H]3C(COS(=O)(=O)O)O[C@H](C)C(C)[C@H]3O)O[C@H]2N[O-])OC(COS(=O)(=O)O)[C@@H](O[C@@H]2OC(C(=O)O)[C@@H](O[C@H]3OC(COS(=O)(=O)O)[C@@H](O)[C@H](O)C3C)[C@H](C)C2O)[C@@H]1C. The summed E-state index contributed by atoms with van der Waals surface area (Å²) in [5.74, 6) is -7.11. The third-order valence-electron chi connectivity index (χ3n) is 13.2. The quantitative estimate of drug-likeness (QED) is 0.0379. The van der Waals surface area contributed by atoms with E-state index in [0.29, 0.717) is 0 Å². The van der Waals surface area contributed by atoms with E-state index < -0.39 is 220 Å². The lowest BCUT2D eigenvalue weighted by molar-refractivity contribution is -0.375. The molecule has 0 amide bonds. The van der Waals surface area contributed by atoms with Crippen LogP contribution in [0.4, 0.5) is 0 Å². The maximum absolute atomic E-state index is 12.7. The Kier molecular flexibility index (Phi) is 20.9. The molecule has 428 valence electrons. The Morgan fingerprint density at radius 2 is 0.945 bits per heavy atom. The van der Waals surface area contributed by atoms with Crippen LogP contribution in [0.2, 0.25) is 0 Å². The Morgan fingerprint density at radius 3 is 1.47 bits per heavy atom. The molecule has 5 heterocycles. The molecule has 5 aliphatic heterocycles. The molecule has 25 atom stereocenters. The molecule has 0 radical (unpaired) electrons. The molecule has 0 spiro atoms. The van der Waals surface area contributed by atoms with E-state index in [1.807, 2.05) is 0 Å². The third-order valence-corrected chi connectivity index (χ3v) is 14.9. The first kappa shape index (κ1) is 62.2. The number of hydroxylamine groups is 1. The topological polar surface area (TPSA) is 511 Å². The van der Waals surface area contributed by atoms with Gasteiger partial charge in [-0.05, 0) is 12.8 Å². The van der Waals surface area contributed by atoms with Gasteiger partial charge >= 0.3 is 47.6 Å². The van der Waals surface area contributed by atoms with E-state index in [2.05, 4.69) is 16.7 Å². The van der Waals surface area contributed by atoms with Gasteiger partial charge in [-0.25, -0.2) is 21.5 Å². The van der Waals surface area contributed by atoms with E-state index in [9.17, 15) is 83.4 Å². The zero-order chi connectivity index (χ0) is 55.0. The molecular weight excluding hydrogens is 1090 g/mol. The summed E-state index contributed by atoms with van der Waals surface area (Å²) in [5.41, 5.74) is 1.40. The molecule has 38 heteroatoms. The number of rotatable bonds is 21. The molecule has 0 saturated carbocycles. The molecular formula is C35H60NO33S4-. The van der Waals surface area contributed by atoms with Gasteiger partial charge < -0.3 is 84.0 Å². The number of carbonyl (C=O) groups is 1. The van der Waals surface area contributed by atoms with Crippen molar-refractivity contribution in [2.45, 2.75) is 164 Å². The summed E-state index contributed by atoms with van der Waals surface area (Å²) in [4.78, 5) is 12.7. The van der Waals surface area contributed by atoms with Crippen LogP contribution in [0, 0.1) is 34.8 Å². The van der Waals surface area contributed by atoms with Gasteiger partial charge in [0.25, 0.3) is 0 Å². The number of hydrogen-bond acceptors (Lipinski definition) is 29. The van der Waals surface area contributed by atoms with Crippen LogP contribution >= 0.6 is 0 Å². The van der Waals surface area contributed by atoms with E-state index in [1.54, 1.807) is 0 Å². The highest BCUT2D eigenvalue weighted by Gasteiger charge is 2.57. The van der Waals surface area contributed by atoms with Gasteiger partial charge in [-0.15, -0.1) is 0 Å². The highest BCUT2D eigenvalue weighted by molar-refractivity contribution is 7.81. The van der Waals surface area contributed by atoms with Crippen LogP contribution in [0.15, 0.2) is 0 Å². The zero-order valence-corrected chi connectivity index (χ0v) is 42.3. The normalized spacial score (nSPS) is 44.4. The highest BCUT2D eigenvalue weighted by atomic mass is 32.3. The summed E-state index contributed by atoms with van der Waals surface area (Å²) < 4.78 is 200. The molecule has 0 aromatic carbocycles. The Balaban J connectivity index is 1.37. The van der Waals surface area contributed by atoms with Crippen LogP contribution < -0.4 is 5.48 Å². The van der Waals surface area contributed by atoms with Crippen molar-refractivity contribution in [1.29, 1.82) is 0 Å². The molecule has 11 N–H and O–H groups in total. The lowest BCUT2D eigenvalue weighted by Crippen LogP contribution is -2.67. The minimum absolute atomic E-state index is 0.817.